The van der Waals surface area contributed by atoms with Crippen molar-refractivity contribution >= 4 is 5.91 Å². The van der Waals surface area contributed by atoms with Crippen LogP contribution < -0.4 is 5.73 Å². The second-order valence-electron chi connectivity index (χ2n) is 6.34. The molecule has 1 aromatic heterocycles. The van der Waals surface area contributed by atoms with Gasteiger partial charge in [0, 0.05) is 24.7 Å². The van der Waals surface area contributed by atoms with Gasteiger partial charge in [-0.2, -0.15) is 0 Å². The molecule has 2 N–H and O–H groups in total. The van der Waals surface area contributed by atoms with Gasteiger partial charge < -0.3 is 10.2 Å². The molecule has 0 bridgehead atoms. The van der Waals surface area contributed by atoms with E-state index in [9.17, 15) is 4.79 Å². The van der Waals surface area contributed by atoms with Gasteiger partial charge in [0.05, 0.1) is 11.6 Å². The molecule has 0 radical (unpaired) electrons. The van der Waals surface area contributed by atoms with E-state index >= 15 is 0 Å². The van der Waals surface area contributed by atoms with Crippen molar-refractivity contribution in [3.8, 4) is 11.5 Å². The third-order valence-corrected chi connectivity index (χ3v) is 4.68. The van der Waals surface area contributed by atoms with Crippen molar-refractivity contribution in [2.45, 2.75) is 39.3 Å². The second-order valence-corrected chi connectivity index (χ2v) is 6.34. The largest absolute Gasteiger partial charge is 0.441 e. The van der Waals surface area contributed by atoms with Crippen LogP contribution in [0.25, 0.3) is 11.5 Å². The Morgan fingerprint density at radius 1 is 1.35 bits per heavy atom. The number of oxazole rings is 1. The average molecular weight is 313 g/mol. The summed E-state index contributed by atoms with van der Waals surface area (Å²) in [6.07, 6.45) is 1.86. The molecule has 0 aliphatic carbocycles. The van der Waals surface area contributed by atoms with Gasteiger partial charge in [0.15, 0.2) is 0 Å². The van der Waals surface area contributed by atoms with E-state index in [1.807, 2.05) is 37.3 Å². The Hall–Kier alpha value is -2.14. The minimum absolute atomic E-state index is 0.0630. The lowest BCUT2D eigenvalue weighted by molar-refractivity contribution is -0.124. The van der Waals surface area contributed by atoms with Crippen LogP contribution in [-0.2, 0) is 11.3 Å². The number of hydrogen-bond acceptors (Lipinski definition) is 4. The van der Waals surface area contributed by atoms with Crippen LogP contribution in [0.1, 0.15) is 31.2 Å². The van der Waals surface area contributed by atoms with Crippen LogP contribution in [0, 0.1) is 12.8 Å². The molecule has 3 rings (SSSR count). The minimum atomic E-state index is -0.205. The monoisotopic (exact) mass is 313 g/mol. The van der Waals surface area contributed by atoms with Crippen molar-refractivity contribution in [2.24, 2.45) is 11.7 Å². The smallest absolute Gasteiger partial charge is 0.226 e. The van der Waals surface area contributed by atoms with Crippen LogP contribution >= 0.6 is 0 Å². The molecule has 2 atom stereocenters. The molecule has 0 spiro atoms. The molecular weight excluding hydrogens is 290 g/mol. The molecule has 1 saturated heterocycles. The number of rotatable bonds is 4. The van der Waals surface area contributed by atoms with Gasteiger partial charge in [0.25, 0.3) is 0 Å². The summed E-state index contributed by atoms with van der Waals surface area (Å²) in [5, 5.41) is 0. The first kappa shape index (κ1) is 15.7. The number of amides is 1. The zero-order valence-electron chi connectivity index (χ0n) is 13.7. The molecule has 5 nitrogen and oxygen atoms in total. The maximum Gasteiger partial charge on any atom is 0.226 e. The summed E-state index contributed by atoms with van der Waals surface area (Å²) < 4.78 is 5.82. The average Bonchev–Trinajstić information content (AvgIpc) is 2.91. The summed E-state index contributed by atoms with van der Waals surface area (Å²) in [6.45, 7) is 5.51. The minimum Gasteiger partial charge on any atom is -0.441 e. The second kappa shape index (κ2) is 6.54. The highest BCUT2D eigenvalue weighted by Gasteiger charge is 2.29. The first-order valence-corrected chi connectivity index (χ1v) is 8.09. The van der Waals surface area contributed by atoms with E-state index in [2.05, 4.69) is 16.8 Å². The van der Waals surface area contributed by atoms with Gasteiger partial charge in [-0.1, -0.05) is 18.2 Å². The molecule has 2 heterocycles. The lowest BCUT2D eigenvalue weighted by Crippen LogP contribution is -2.45. The summed E-state index contributed by atoms with van der Waals surface area (Å²) in [7, 11) is 0. The zero-order chi connectivity index (χ0) is 16.4. The third-order valence-electron chi connectivity index (χ3n) is 4.68. The fraction of sp³-hybridized carbons (Fsp3) is 0.444. The summed E-state index contributed by atoms with van der Waals surface area (Å²) in [4.78, 5) is 18.4. The molecular formula is C18H23N3O2. The Morgan fingerprint density at radius 2 is 2.09 bits per heavy atom. The SMILES string of the molecule is Cc1oc(-c2ccccc2)nc1CN1C[C@H](C(N)=O)CC[C@@H]1C. The lowest BCUT2D eigenvalue weighted by Gasteiger charge is -2.36. The topological polar surface area (TPSA) is 72.4 Å². The van der Waals surface area contributed by atoms with Crippen LogP contribution in [0.5, 0.6) is 0 Å². The lowest BCUT2D eigenvalue weighted by atomic mass is 9.93. The Kier molecular flexibility index (Phi) is 4.48. The van der Waals surface area contributed by atoms with Crippen molar-refractivity contribution in [2.75, 3.05) is 6.54 Å². The van der Waals surface area contributed by atoms with E-state index < -0.39 is 0 Å². The molecule has 122 valence electrons. The molecule has 1 aliphatic rings. The summed E-state index contributed by atoms with van der Waals surface area (Å²) in [5.41, 5.74) is 7.39. The van der Waals surface area contributed by atoms with E-state index in [0.29, 0.717) is 25.0 Å². The van der Waals surface area contributed by atoms with Crippen LogP contribution in [0.4, 0.5) is 0 Å². The van der Waals surface area contributed by atoms with E-state index in [0.717, 1.165) is 29.9 Å². The molecule has 0 unspecified atom stereocenters. The molecule has 2 aromatic rings. The number of likely N-dealkylation sites (tertiary alicyclic amines) is 1. The van der Waals surface area contributed by atoms with Crippen molar-refractivity contribution in [3.63, 3.8) is 0 Å². The fourth-order valence-electron chi connectivity index (χ4n) is 3.10. The van der Waals surface area contributed by atoms with Crippen LogP contribution in [0.15, 0.2) is 34.7 Å². The Bertz CT molecular complexity index is 681. The highest BCUT2D eigenvalue weighted by molar-refractivity contribution is 5.77. The first-order valence-electron chi connectivity index (χ1n) is 8.09. The van der Waals surface area contributed by atoms with Gasteiger partial charge in [-0.15, -0.1) is 0 Å². The van der Waals surface area contributed by atoms with Crippen molar-refractivity contribution in [1.29, 1.82) is 0 Å². The first-order chi connectivity index (χ1) is 11.0. The van der Waals surface area contributed by atoms with Crippen LogP contribution in [0.3, 0.4) is 0 Å². The summed E-state index contributed by atoms with van der Waals surface area (Å²) >= 11 is 0. The van der Waals surface area contributed by atoms with E-state index in [1.54, 1.807) is 0 Å². The number of carbonyl (C=O) groups excluding carboxylic acids is 1. The van der Waals surface area contributed by atoms with Crippen molar-refractivity contribution in [3.05, 3.63) is 41.8 Å². The van der Waals surface area contributed by atoms with E-state index in [1.165, 1.54) is 0 Å². The Labute approximate surface area is 136 Å². The Balaban J connectivity index is 1.77. The highest BCUT2D eigenvalue weighted by atomic mass is 16.4. The quantitative estimate of drug-likeness (QED) is 0.942. The maximum atomic E-state index is 11.5. The van der Waals surface area contributed by atoms with Crippen LogP contribution in [-0.4, -0.2) is 28.4 Å². The summed E-state index contributed by atoms with van der Waals surface area (Å²) in [6, 6.07) is 10.3. The molecule has 23 heavy (non-hydrogen) atoms. The number of carbonyl (C=O) groups is 1. The molecule has 0 saturated carbocycles. The number of nitrogens with two attached hydrogens (primary N) is 1. The highest BCUT2D eigenvalue weighted by Crippen LogP contribution is 2.26. The fourth-order valence-corrected chi connectivity index (χ4v) is 3.10. The normalized spacial score (nSPS) is 22.2. The number of piperidine rings is 1. The van der Waals surface area contributed by atoms with Gasteiger partial charge >= 0.3 is 0 Å². The number of aryl methyl sites for hydroxylation is 1. The number of aromatic nitrogens is 1. The maximum absolute atomic E-state index is 11.5. The third kappa shape index (κ3) is 3.45. The standard InChI is InChI=1S/C18H23N3O2/c1-12-8-9-15(17(19)22)10-21(12)11-16-13(2)23-18(20-16)14-6-4-3-5-7-14/h3-7,12,15H,8-11H2,1-2H3,(H2,19,22)/t12-,15+/m0/s1. The van der Waals surface area contributed by atoms with Crippen LogP contribution in [0.2, 0.25) is 0 Å². The van der Waals surface area contributed by atoms with Gasteiger partial charge in [-0.3, -0.25) is 9.69 Å². The number of hydrogen-bond donors (Lipinski definition) is 1. The van der Waals surface area contributed by atoms with Gasteiger partial charge in [-0.25, -0.2) is 4.98 Å². The van der Waals surface area contributed by atoms with Gasteiger partial charge in [0.2, 0.25) is 11.8 Å². The molecule has 1 amide bonds. The number of nitrogens with zero attached hydrogens (tertiary/aromatic N) is 2. The predicted molar refractivity (Wildman–Crippen MR) is 88.5 cm³/mol. The van der Waals surface area contributed by atoms with Crippen molar-refractivity contribution in [1.82, 2.24) is 9.88 Å². The predicted octanol–water partition coefficient (Wildman–Crippen LogP) is 2.74. The molecule has 1 fully saturated rings. The zero-order valence-corrected chi connectivity index (χ0v) is 13.7. The molecule has 1 aliphatic heterocycles. The van der Waals surface area contributed by atoms with Gasteiger partial charge in [-0.05, 0) is 38.8 Å². The molecule has 1 aromatic carbocycles. The Morgan fingerprint density at radius 3 is 2.78 bits per heavy atom. The molecule has 5 heteroatoms. The van der Waals surface area contributed by atoms with E-state index in [4.69, 9.17) is 10.2 Å². The number of primary amides is 1. The van der Waals surface area contributed by atoms with Crippen molar-refractivity contribution < 1.29 is 9.21 Å². The van der Waals surface area contributed by atoms with Gasteiger partial charge in [0.1, 0.15) is 5.76 Å². The van der Waals surface area contributed by atoms with E-state index in [-0.39, 0.29) is 11.8 Å². The summed E-state index contributed by atoms with van der Waals surface area (Å²) in [5.74, 6) is 1.21. The number of benzene rings is 1.